The summed E-state index contributed by atoms with van der Waals surface area (Å²) < 4.78 is 36.3. The van der Waals surface area contributed by atoms with Gasteiger partial charge in [0.2, 0.25) is 5.91 Å². The number of nitrogens with one attached hydrogen (secondary N) is 2. The summed E-state index contributed by atoms with van der Waals surface area (Å²) in [6, 6.07) is 0.126. The highest BCUT2D eigenvalue weighted by Gasteiger charge is 2.28. The van der Waals surface area contributed by atoms with Gasteiger partial charge in [0, 0.05) is 44.6 Å². The number of unbranched alkanes of at least 4 members (excludes halogenated alkanes) is 1. The maximum atomic E-state index is 12.1. The Kier molecular flexibility index (Phi) is 8.35. The number of likely N-dealkylation sites (tertiary alicyclic amines) is 1. The number of hydrogen-bond acceptors (Lipinski definition) is 2. The monoisotopic (exact) mass is 350 g/mol. The molecule has 24 heavy (non-hydrogen) atoms. The van der Waals surface area contributed by atoms with Gasteiger partial charge in [-0.2, -0.15) is 13.2 Å². The van der Waals surface area contributed by atoms with E-state index in [9.17, 15) is 18.0 Å². The first-order valence-electron chi connectivity index (χ1n) is 8.63. The van der Waals surface area contributed by atoms with Crippen molar-refractivity contribution < 1.29 is 18.0 Å². The van der Waals surface area contributed by atoms with E-state index >= 15 is 0 Å². The normalized spacial score (nSPS) is 19.0. The molecule has 5 nitrogen and oxygen atoms in total. The van der Waals surface area contributed by atoms with Crippen molar-refractivity contribution in [3.8, 4) is 0 Å². The van der Waals surface area contributed by atoms with Gasteiger partial charge in [-0.15, -0.1) is 0 Å². The van der Waals surface area contributed by atoms with Gasteiger partial charge in [-0.05, 0) is 26.2 Å². The van der Waals surface area contributed by atoms with Gasteiger partial charge in [-0.3, -0.25) is 9.79 Å². The molecule has 1 rings (SSSR count). The molecule has 1 heterocycles. The van der Waals surface area contributed by atoms with Gasteiger partial charge in [0.15, 0.2) is 5.96 Å². The van der Waals surface area contributed by atoms with Crippen LogP contribution in [0, 0.1) is 5.92 Å². The molecule has 1 aliphatic rings. The van der Waals surface area contributed by atoms with Crippen LogP contribution in [0.5, 0.6) is 0 Å². The van der Waals surface area contributed by atoms with Gasteiger partial charge >= 0.3 is 6.18 Å². The molecule has 140 valence electrons. The van der Waals surface area contributed by atoms with E-state index in [1.165, 1.54) is 0 Å². The second-order valence-corrected chi connectivity index (χ2v) is 6.40. The average molecular weight is 350 g/mol. The number of aliphatic imine (C=N–C) groups is 1. The Morgan fingerprint density at radius 2 is 2.04 bits per heavy atom. The van der Waals surface area contributed by atoms with E-state index in [4.69, 9.17) is 0 Å². The molecule has 0 aliphatic carbocycles. The lowest BCUT2D eigenvalue weighted by Crippen LogP contribution is -2.45. The van der Waals surface area contributed by atoms with Crippen molar-refractivity contribution in [2.75, 3.05) is 26.2 Å². The molecule has 0 bridgehead atoms. The van der Waals surface area contributed by atoms with Crippen LogP contribution in [0.1, 0.15) is 46.5 Å². The summed E-state index contributed by atoms with van der Waals surface area (Å²) in [5, 5.41) is 6.37. The third-order valence-electron chi connectivity index (χ3n) is 3.82. The van der Waals surface area contributed by atoms with Crippen molar-refractivity contribution in [2.24, 2.45) is 10.9 Å². The first kappa shape index (κ1) is 20.6. The van der Waals surface area contributed by atoms with E-state index in [0.29, 0.717) is 32.0 Å². The van der Waals surface area contributed by atoms with Crippen LogP contribution < -0.4 is 10.6 Å². The van der Waals surface area contributed by atoms with Crippen molar-refractivity contribution in [3.05, 3.63) is 0 Å². The number of carbonyl (C=O) groups is 1. The minimum atomic E-state index is -4.09. The molecule has 0 radical (unpaired) electrons. The van der Waals surface area contributed by atoms with Crippen LogP contribution in [0.2, 0.25) is 0 Å². The molecule has 1 unspecified atom stereocenters. The van der Waals surface area contributed by atoms with Crippen molar-refractivity contribution in [1.29, 1.82) is 0 Å². The molecule has 0 saturated carbocycles. The fourth-order valence-corrected chi connectivity index (χ4v) is 2.58. The zero-order chi connectivity index (χ0) is 18.2. The minimum absolute atomic E-state index is 0.0145. The third kappa shape index (κ3) is 7.88. The lowest BCUT2D eigenvalue weighted by Gasteiger charge is -2.20. The summed E-state index contributed by atoms with van der Waals surface area (Å²) in [7, 11) is 0. The quantitative estimate of drug-likeness (QED) is 0.421. The van der Waals surface area contributed by atoms with Crippen molar-refractivity contribution in [1.82, 2.24) is 15.5 Å². The van der Waals surface area contributed by atoms with E-state index < -0.39 is 12.6 Å². The van der Waals surface area contributed by atoms with Gasteiger partial charge in [0.1, 0.15) is 0 Å². The number of hydrogen-bond donors (Lipinski definition) is 2. The van der Waals surface area contributed by atoms with Gasteiger partial charge in [0.05, 0.1) is 0 Å². The van der Waals surface area contributed by atoms with Crippen molar-refractivity contribution in [2.45, 2.75) is 58.7 Å². The van der Waals surface area contributed by atoms with Gasteiger partial charge < -0.3 is 15.5 Å². The lowest BCUT2D eigenvalue weighted by atomic mass is 10.2. The fraction of sp³-hybridized carbons (Fsp3) is 0.875. The molecule has 1 fully saturated rings. The predicted molar refractivity (Wildman–Crippen MR) is 88.8 cm³/mol. The minimum Gasteiger partial charge on any atom is -0.357 e. The average Bonchev–Trinajstić information content (AvgIpc) is 2.93. The van der Waals surface area contributed by atoms with Crippen LogP contribution in [-0.4, -0.2) is 55.2 Å². The molecule has 0 aromatic rings. The van der Waals surface area contributed by atoms with Crippen molar-refractivity contribution >= 4 is 11.9 Å². The first-order valence-corrected chi connectivity index (χ1v) is 8.63. The van der Waals surface area contributed by atoms with Gasteiger partial charge in [0.25, 0.3) is 0 Å². The Bertz CT molecular complexity index is 424. The number of amides is 1. The Morgan fingerprint density at radius 3 is 2.62 bits per heavy atom. The highest BCUT2D eigenvalue weighted by molar-refractivity contribution is 5.81. The van der Waals surface area contributed by atoms with E-state index in [0.717, 1.165) is 13.0 Å². The number of halogens is 3. The topological polar surface area (TPSA) is 56.7 Å². The Balaban J connectivity index is 2.40. The molecule has 0 spiro atoms. The van der Waals surface area contributed by atoms with Crippen molar-refractivity contribution in [3.63, 3.8) is 0 Å². The maximum Gasteiger partial charge on any atom is 0.389 e. The molecule has 0 aromatic heterocycles. The number of guanidine groups is 1. The zero-order valence-corrected chi connectivity index (χ0v) is 14.7. The van der Waals surface area contributed by atoms with Gasteiger partial charge in [-0.1, -0.05) is 13.8 Å². The molecule has 0 aromatic carbocycles. The summed E-state index contributed by atoms with van der Waals surface area (Å²) in [5.74, 6) is 0.737. The number of nitrogens with zero attached hydrogens (tertiary/aromatic N) is 2. The summed E-state index contributed by atoms with van der Waals surface area (Å²) >= 11 is 0. The number of alkyl halides is 3. The molecule has 8 heteroatoms. The van der Waals surface area contributed by atoms with E-state index in [2.05, 4.69) is 15.6 Å². The van der Waals surface area contributed by atoms with E-state index in [1.54, 1.807) is 0 Å². The first-order chi connectivity index (χ1) is 11.2. The Morgan fingerprint density at radius 1 is 1.33 bits per heavy atom. The van der Waals surface area contributed by atoms with Crippen LogP contribution in [0.25, 0.3) is 0 Å². The summed E-state index contributed by atoms with van der Waals surface area (Å²) in [5.41, 5.74) is 0. The molecule has 1 aliphatic heterocycles. The maximum absolute atomic E-state index is 12.1. The largest absolute Gasteiger partial charge is 0.389 e. The van der Waals surface area contributed by atoms with Crippen LogP contribution in [0.15, 0.2) is 4.99 Å². The molecule has 1 atom stereocenters. The van der Waals surface area contributed by atoms with Crippen LogP contribution in [0.4, 0.5) is 13.2 Å². The van der Waals surface area contributed by atoms with Crippen LogP contribution >= 0.6 is 0 Å². The third-order valence-corrected chi connectivity index (χ3v) is 3.82. The SMILES string of the molecule is CCNC(=NCCCCC(F)(F)F)NC1CCN(C(=O)C(C)C)C1. The fourth-order valence-electron chi connectivity index (χ4n) is 2.58. The molecule has 1 amide bonds. The van der Waals surface area contributed by atoms with E-state index in [-0.39, 0.29) is 24.3 Å². The summed E-state index contributed by atoms with van der Waals surface area (Å²) in [6.45, 7) is 8.09. The second kappa shape index (κ2) is 9.74. The summed E-state index contributed by atoms with van der Waals surface area (Å²) in [6.07, 6.45) is -3.52. The van der Waals surface area contributed by atoms with Gasteiger partial charge in [-0.25, -0.2) is 0 Å². The molecule has 2 N–H and O–H groups in total. The lowest BCUT2D eigenvalue weighted by molar-refractivity contribution is -0.135. The smallest absolute Gasteiger partial charge is 0.357 e. The van der Waals surface area contributed by atoms with Crippen LogP contribution in [-0.2, 0) is 4.79 Å². The highest BCUT2D eigenvalue weighted by atomic mass is 19.4. The van der Waals surface area contributed by atoms with E-state index in [1.807, 2.05) is 25.7 Å². The van der Waals surface area contributed by atoms with Crippen LogP contribution in [0.3, 0.4) is 0 Å². The Labute approximate surface area is 142 Å². The highest BCUT2D eigenvalue weighted by Crippen LogP contribution is 2.22. The second-order valence-electron chi connectivity index (χ2n) is 6.40. The Hall–Kier alpha value is -1.47. The molecular formula is C16H29F3N4O. The number of rotatable bonds is 7. The summed E-state index contributed by atoms with van der Waals surface area (Å²) in [4.78, 5) is 18.2. The molecule has 1 saturated heterocycles. The number of carbonyl (C=O) groups excluding carboxylic acids is 1. The zero-order valence-electron chi connectivity index (χ0n) is 14.7. The predicted octanol–water partition coefficient (Wildman–Crippen LogP) is 2.53. The molecular weight excluding hydrogens is 321 g/mol. The standard InChI is InChI=1S/C16H29F3N4O/c1-4-20-15(21-9-6-5-8-16(17,18)19)22-13-7-10-23(11-13)14(24)12(2)3/h12-13H,4-11H2,1-3H3,(H2,20,21,22).